The number of hydrogen-bond acceptors (Lipinski definition) is 4. The summed E-state index contributed by atoms with van der Waals surface area (Å²) in [6.07, 6.45) is 2.02. The van der Waals surface area contributed by atoms with Crippen LogP contribution >= 0.6 is 23.1 Å². The molecule has 3 aromatic heterocycles. The van der Waals surface area contributed by atoms with Crippen molar-refractivity contribution >= 4 is 45.0 Å². The zero-order valence-corrected chi connectivity index (χ0v) is 14.3. The van der Waals surface area contributed by atoms with Gasteiger partial charge in [0.1, 0.15) is 17.4 Å². The Morgan fingerprint density at radius 3 is 2.74 bits per heavy atom. The first kappa shape index (κ1) is 14.3. The summed E-state index contributed by atoms with van der Waals surface area (Å²) in [4.78, 5) is 6.91. The number of pyridine rings is 1. The third-order valence-corrected chi connectivity index (χ3v) is 5.75. The van der Waals surface area contributed by atoms with Gasteiger partial charge in [-0.1, -0.05) is 24.3 Å². The number of hydrogen-bond donors (Lipinski definition) is 0. The highest BCUT2D eigenvalue weighted by Crippen LogP contribution is 2.40. The summed E-state index contributed by atoms with van der Waals surface area (Å²) in [5.74, 6) is 0. The van der Waals surface area contributed by atoms with E-state index in [9.17, 15) is 5.26 Å². The van der Waals surface area contributed by atoms with Gasteiger partial charge in [0.05, 0.1) is 16.0 Å². The van der Waals surface area contributed by atoms with Crippen molar-refractivity contribution in [3.05, 3.63) is 47.3 Å². The molecule has 5 heteroatoms. The smallest absolute Gasteiger partial charge is 0.142 e. The standard InChI is InChI=1S/C18H13N3S2/c1-21-13-7-4-3-6-11(13)15-17(22-2)12(10-19)16(20-18(15)21)14-8-5-9-23-14/h3-9H,1-2H3. The van der Waals surface area contributed by atoms with E-state index in [1.165, 1.54) is 0 Å². The molecule has 0 amide bonds. The van der Waals surface area contributed by atoms with Gasteiger partial charge >= 0.3 is 0 Å². The quantitative estimate of drug-likeness (QED) is 0.481. The minimum absolute atomic E-state index is 0.670. The van der Waals surface area contributed by atoms with Crippen LogP contribution in [-0.4, -0.2) is 15.8 Å². The maximum absolute atomic E-state index is 9.76. The summed E-state index contributed by atoms with van der Waals surface area (Å²) >= 11 is 3.23. The van der Waals surface area contributed by atoms with Crippen LogP contribution in [0.1, 0.15) is 5.56 Å². The lowest BCUT2D eigenvalue weighted by Gasteiger charge is -2.08. The molecule has 0 atom stereocenters. The molecule has 0 unspecified atom stereocenters. The lowest BCUT2D eigenvalue weighted by Crippen LogP contribution is -1.96. The molecule has 0 bridgehead atoms. The van der Waals surface area contributed by atoms with Gasteiger partial charge in [0.25, 0.3) is 0 Å². The number of para-hydroxylation sites is 1. The van der Waals surface area contributed by atoms with E-state index in [4.69, 9.17) is 4.98 Å². The highest BCUT2D eigenvalue weighted by Gasteiger charge is 2.21. The molecular formula is C18H13N3S2. The van der Waals surface area contributed by atoms with E-state index >= 15 is 0 Å². The first-order valence-electron chi connectivity index (χ1n) is 7.15. The van der Waals surface area contributed by atoms with Crippen molar-refractivity contribution in [3.8, 4) is 16.6 Å². The van der Waals surface area contributed by atoms with Gasteiger partial charge in [0, 0.05) is 22.7 Å². The monoisotopic (exact) mass is 335 g/mol. The predicted molar refractivity (Wildman–Crippen MR) is 98.0 cm³/mol. The van der Waals surface area contributed by atoms with Crippen LogP contribution in [0, 0.1) is 11.3 Å². The molecule has 0 saturated heterocycles. The molecule has 112 valence electrons. The van der Waals surface area contributed by atoms with Crippen molar-refractivity contribution < 1.29 is 0 Å². The number of aryl methyl sites for hydroxylation is 1. The average molecular weight is 335 g/mol. The fourth-order valence-corrected chi connectivity index (χ4v) is 4.50. The number of aromatic nitrogens is 2. The molecular weight excluding hydrogens is 322 g/mol. The SMILES string of the molecule is CSc1c(C#N)c(-c2cccs2)nc2c1c1ccccc1n2C. The second-order valence-electron chi connectivity index (χ2n) is 5.23. The van der Waals surface area contributed by atoms with Crippen molar-refractivity contribution in [2.45, 2.75) is 4.90 Å². The van der Waals surface area contributed by atoms with Crippen LogP contribution in [0.2, 0.25) is 0 Å². The van der Waals surface area contributed by atoms with Crippen LogP contribution < -0.4 is 0 Å². The van der Waals surface area contributed by atoms with Crippen molar-refractivity contribution in [2.75, 3.05) is 6.26 Å². The zero-order chi connectivity index (χ0) is 16.0. The van der Waals surface area contributed by atoms with Crippen LogP contribution in [0.25, 0.3) is 32.5 Å². The van der Waals surface area contributed by atoms with E-state index in [2.05, 4.69) is 22.8 Å². The van der Waals surface area contributed by atoms with E-state index in [-0.39, 0.29) is 0 Å². The molecule has 1 aromatic carbocycles. The molecule has 0 aliphatic rings. The molecule has 3 nitrogen and oxygen atoms in total. The third kappa shape index (κ3) is 1.99. The van der Waals surface area contributed by atoms with Crippen LogP contribution in [0.15, 0.2) is 46.7 Å². The molecule has 0 saturated carbocycles. The van der Waals surface area contributed by atoms with Gasteiger partial charge in [-0.2, -0.15) is 5.26 Å². The maximum Gasteiger partial charge on any atom is 0.142 e. The van der Waals surface area contributed by atoms with Gasteiger partial charge in [-0.25, -0.2) is 4.98 Å². The van der Waals surface area contributed by atoms with Gasteiger partial charge in [0.15, 0.2) is 0 Å². The summed E-state index contributed by atoms with van der Waals surface area (Å²) in [5, 5.41) is 14.0. The highest BCUT2D eigenvalue weighted by molar-refractivity contribution is 7.99. The minimum Gasteiger partial charge on any atom is -0.328 e. The van der Waals surface area contributed by atoms with Gasteiger partial charge in [-0.3, -0.25) is 0 Å². The van der Waals surface area contributed by atoms with Gasteiger partial charge in [0.2, 0.25) is 0 Å². The lowest BCUT2D eigenvalue weighted by atomic mass is 10.1. The van der Waals surface area contributed by atoms with Crippen LogP contribution in [-0.2, 0) is 7.05 Å². The molecule has 0 spiro atoms. The van der Waals surface area contributed by atoms with E-state index in [1.807, 2.05) is 42.9 Å². The predicted octanol–water partition coefficient (Wildman–Crippen LogP) is 5.05. The Kier molecular flexibility index (Phi) is 3.37. The first-order chi connectivity index (χ1) is 11.3. The van der Waals surface area contributed by atoms with E-state index in [0.29, 0.717) is 5.56 Å². The number of nitriles is 1. The second kappa shape index (κ2) is 5.41. The molecule has 0 fully saturated rings. The number of benzene rings is 1. The molecule has 4 rings (SSSR count). The Morgan fingerprint density at radius 2 is 2.04 bits per heavy atom. The summed E-state index contributed by atoms with van der Waals surface area (Å²) in [6, 6.07) is 14.7. The normalized spacial score (nSPS) is 11.2. The molecule has 0 N–H and O–H groups in total. The van der Waals surface area contributed by atoms with E-state index in [1.54, 1.807) is 23.1 Å². The van der Waals surface area contributed by atoms with Gasteiger partial charge in [-0.15, -0.1) is 23.1 Å². The van der Waals surface area contributed by atoms with Crippen molar-refractivity contribution in [2.24, 2.45) is 7.05 Å². The molecule has 4 aromatic rings. The second-order valence-corrected chi connectivity index (χ2v) is 7.00. The molecule has 3 heterocycles. The molecule has 23 heavy (non-hydrogen) atoms. The van der Waals surface area contributed by atoms with Crippen molar-refractivity contribution in [1.29, 1.82) is 5.26 Å². The topological polar surface area (TPSA) is 41.6 Å². The Bertz CT molecular complexity index is 1070. The fraction of sp³-hybridized carbons (Fsp3) is 0.111. The van der Waals surface area contributed by atoms with Crippen molar-refractivity contribution in [1.82, 2.24) is 9.55 Å². The number of thioether (sulfide) groups is 1. The zero-order valence-electron chi connectivity index (χ0n) is 12.7. The van der Waals surface area contributed by atoms with Crippen LogP contribution in [0.4, 0.5) is 0 Å². The molecule has 0 radical (unpaired) electrons. The molecule has 0 aliphatic heterocycles. The summed E-state index contributed by atoms with van der Waals surface area (Å²) < 4.78 is 2.11. The largest absolute Gasteiger partial charge is 0.328 e. The summed E-state index contributed by atoms with van der Waals surface area (Å²) in [7, 11) is 2.03. The summed E-state index contributed by atoms with van der Waals surface area (Å²) in [6.45, 7) is 0. The fourth-order valence-electron chi connectivity index (χ4n) is 3.03. The number of rotatable bonds is 2. The highest BCUT2D eigenvalue weighted by atomic mass is 32.2. The van der Waals surface area contributed by atoms with Crippen molar-refractivity contribution in [3.63, 3.8) is 0 Å². The Morgan fingerprint density at radius 1 is 1.22 bits per heavy atom. The summed E-state index contributed by atoms with van der Waals surface area (Å²) in [5.41, 5.74) is 3.52. The Hall–Kier alpha value is -2.29. The third-order valence-electron chi connectivity index (χ3n) is 4.06. The number of thiophene rings is 1. The molecule has 0 aliphatic carbocycles. The van der Waals surface area contributed by atoms with Gasteiger partial charge in [-0.05, 0) is 23.8 Å². The van der Waals surface area contributed by atoms with E-state index in [0.717, 1.165) is 37.4 Å². The Balaban J connectivity index is 2.25. The number of nitrogens with zero attached hydrogens (tertiary/aromatic N) is 3. The lowest BCUT2D eigenvalue weighted by molar-refractivity contribution is 0.988. The first-order valence-corrected chi connectivity index (χ1v) is 9.25. The van der Waals surface area contributed by atoms with Gasteiger partial charge < -0.3 is 4.57 Å². The maximum atomic E-state index is 9.76. The Labute approximate surface area is 142 Å². The van der Waals surface area contributed by atoms with E-state index < -0.39 is 0 Å². The minimum atomic E-state index is 0.670. The number of fused-ring (bicyclic) bond motifs is 3. The average Bonchev–Trinajstić information content (AvgIpc) is 3.21. The van der Waals surface area contributed by atoms with Crippen LogP contribution in [0.3, 0.4) is 0 Å². The van der Waals surface area contributed by atoms with Crippen LogP contribution in [0.5, 0.6) is 0 Å².